The van der Waals surface area contributed by atoms with E-state index in [-0.39, 0.29) is 24.9 Å². The van der Waals surface area contributed by atoms with Crippen molar-refractivity contribution in [2.45, 2.75) is 13.3 Å². The Balaban J connectivity index is 1.76. The van der Waals surface area contributed by atoms with Crippen molar-refractivity contribution in [3.05, 3.63) is 29.8 Å². The lowest BCUT2D eigenvalue weighted by Crippen LogP contribution is -2.52. The van der Waals surface area contributed by atoms with E-state index in [9.17, 15) is 14.4 Å². The maximum Gasteiger partial charge on any atom is 0.317 e. The monoisotopic (exact) mass is 376 g/mol. The molecule has 1 heterocycles. The number of rotatable bonds is 8. The Labute approximate surface area is 159 Å². The van der Waals surface area contributed by atoms with Gasteiger partial charge >= 0.3 is 5.97 Å². The summed E-state index contributed by atoms with van der Waals surface area (Å²) in [5.74, 6) is -1.10. The SMILES string of the molecule is CCc1ccccc1NC(=O)CN1CCN(C(=O)CN(C)CC(=O)O)CC1. The van der Waals surface area contributed by atoms with Crippen LogP contribution in [-0.2, 0) is 20.8 Å². The van der Waals surface area contributed by atoms with Gasteiger partial charge in [-0.3, -0.25) is 24.2 Å². The molecule has 8 heteroatoms. The average Bonchev–Trinajstić information content (AvgIpc) is 2.61. The van der Waals surface area contributed by atoms with Crippen molar-refractivity contribution in [3.63, 3.8) is 0 Å². The molecule has 1 saturated heterocycles. The number of benzene rings is 1. The minimum absolute atomic E-state index is 0.0585. The van der Waals surface area contributed by atoms with Gasteiger partial charge in [0.25, 0.3) is 0 Å². The predicted molar refractivity (Wildman–Crippen MR) is 103 cm³/mol. The molecule has 27 heavy (non-hydrogen) atoms. The summed E-state index contributed by atoms with van der Waals surface area (Å²) in [5, 5.41) is 11.7. The Bertz CT molecular complexity index is 671. The molecule has 1 fully saturated rings. The van der Waals surface area contributed by atoms with Crippen LogP contribution in [0.5, 0.6) is 0 Å². The van der Waals surface area contributed by atoms with Gasteiger partial charge in [-0.05, 0) is 25.1 Å². The van der Waals surface area contributed by atoms with Crippen LogP contribution in [0, 0.1) is 0 Å². The molecule has 0 spiro atoms. The van der Waals surface area contributed by atoms with Gasteiger partial charge in [0, 0.05) is 31.9 Å². The second kappa shape index (κ2) is 10.0. The summed E-state index contributed by atoms with van der Waals surface area (Å²) >= 11 is 0. The number of carbonyl (C=O) groups is 3. The maximum atomic E-state index is 12.3. The first-order chi connectivity index (χ1) is 12.9. The first-order valence-electron chi connectivity index (χ1n) is 9.17. The summed E-state index contributed by atoms with van der Waals surface area (Å²) < 4.78 is 0. The van der Waals surface area contributed by atoms with Gasteiger partial charge in [0.05, 0.1) is 19.6 Å². The Morgan fingerprint density at radius 3 is 2.41 bits per heavy atom. The van der Waals surface area contributed by atoms with E-state index >= 15 is 0 Å². The molecular weight excluding hydrogens is 348 g/mol. The number of nitrogens with zero attached hydrogens (tertiary/aromatic N) is 3. The number of amides is 2. The van der Waals surface area contributed by atoms with Crippen LogP contribution in [0.4, 0.5) is 5.69 Å². The minimum Gasteiger partial charge on any atom is -0.480 e. The molecular formula is C19H28N4O4. The Hall–Kier alpha value is -2.45. The first kappa shape index (κ1) is 20.9. The summed E-state index contributed by atoms with van der Waals surface area (Å²) in [4.78, 5) is 40.4. The van der Waals surface area contributed by atoms with E-state index in [0.29, 0.717) is 32.7 Å². The molecule has 148 valence electrons. The molecule has 0 aliphatic carbocycles. The fraction of sp³-hybridized carbons (Fsp3) is 0.526. The third-order valence-electron chi connectivity index (χ3n) is 4.57. The number of anilines is 1. The highest BCUT2D eigenvalue weighted by atomic mass is 16.4. The van der Waals surface area contributed by atoms with Gasteiger partial charge in [-0.15, -0.1) is 0 Å². The summed E-state index contributed by atoms with van der Waals surface area (Å²) in [6, 6.07) is 7.77. The van der Waals surface area contributed by atoms with Crippen LogP contribution in [0.15, 0.2) is 24.3 Å². The lowest BCUT2D eigenvalue weighted by atomic mass is 10.1. The van der Waals surface area contributed by atoms with Crippen molar-refractivity contribution >= 4 is 23.5 Å². The van der Waals surface area contributed by atoms with Gasteiger partial charge in [0.15, 0.2) is 0 Å². The Morgan fingerprint density at radius 2 is 1.78 bits per heavy atom. The highest BCUT2D eigenvalue weighted by Crippen LogP contribution is 2.15. The predicted octanol–water partition coefficient (Wildman–Crippen LogP) is 0.348. The number of para-hydroxylation sites is 1. The van der Waals surface area contributed by atoms with Crippen LogP contribution in [-0.4, -0.2) is 90.5 Å². The van der Waals surface area contributed by atoms with Gasteiger partial charge in [-0.1, -0.05) is 25.1 Å². The zero-order valence-electron chi connectivity index (χ0n) is 16.0. The number of hydrogen-bond acceptors (Lipinski definition) is 5. The molecule has 2 amide bonds. The largest absolute Gasteiger partial charge is 0.480 e. The second-order valence-electron chi connectivity index (χ2n) is 6.78. The molecule has 0 aromatic heterocycles. The molecule has 1 aromatic rings. The van der Waals surface area contributed by atoms with Crippen LogP contribution in [0.2, 0.25) is 0 Å². The molecule has 8 nitrogen and oxygen atoms in total. The number of aryl methyl sites for hydroxylation is 1. The Kier molecular flexibility index (Phi) is 7.75. The molecule has 1 aliphatic heterocycles. The molecule has 2 N–H and O–H groups in total. The van der Waals surface area contributed by atoms with Crippen LogP contribution in [0.25, 0.3) is 0 Å². The van der Waals surface area contributed by atoms with Crippen molar-refractivity contribution in [2.75, 3.05) is 58.2 Å². The molecule has 0 radical (unpaired) electrons. The molecule has 1 aromatic carbocycles. The van der Waals surface area contributed by atoms with Crippen LogP contribution in [0.1, 0.15) is 12.5 Å². The zero-order valence-corrected chi connectivity index (χ0v) is 16.0. The van der Waals surface area contributed by atoms with E-state index < -0.39 is 5.97 Å². The highest BCUT2D eigenvalue weighted by molar-refractivity contribution is 5.93. The van der Waals surface area contributed by atoms with Crippen LogP contribution < -0.4 is 5.32 Å². The number of likely N-dealkylation sites (N-methyl/N-ethyl adjacent to an activating group) is 1. The molecule has 0 unspecified atom stereocenters. The van der Waals surface area contributed by atoms with Crippen molar-refractivity contribution in [3.8, 4) is 0 Å². The topological polar surface area (TPSA) is 93.2 Å². The third-order valence-corrected chi connectivity index (χ3v) is 4.57. The molecule has 0 atom stereocenters. The number of aliphatic carboxylic acids is 1. The van der Waals surface area contributed by atoms with Gasteiger partial charge < -0.3 is 15.3 Å². The normalized spacial score (nSPS) is 15.0. The summed E-state index contributed by atoms with van der Waals surface area (Å²) in [5.41, 5.74) is 1.95. The van der Waals surface area contributed by atoms with Crippen molar-refractivity contribution in [2.24, 2.45) is 0 Å². The lowest BCUT2D eigenvalue weighted by molar-refractivity contribution is -0.139. The van der Waals surface area contributed by atoms with Gasteiger partial charge in [0.1, 0.15) is 0 Å². The van der Waals surface area contributed by atoms with Gasteiger partial charge in [-0.25, -0.2) is 0 Å². The fourth-order valence-corrected chi connectivity index (χ4v) is 3.12. The standard InChI is InChI=1S/C19H28N4O4/c1-3-15-6-4-5-7-16(15)20-17(24)12-22-8-10-23(11-9-22)18(25)13-21(2)14-19(26)27/h4-7H,3,8-14H2,1-2H3,(H,20,24)(H,26,27). The molecule has 2 rings (SSSR count). The van der Waals surface area contributed by atoms with E-state index in [1.807, 2.05) is 29.2 Å². The van der Waals surface area contributed by atoms with E-state index in [1.165, 1.54) is 4.90 Å². The third kappa shape index (κ3) is 6.65. The summed E-state index contributed by atoms with van der Waals surface area (Å²) in [7, 11) is 1.61. The van der Waals surface area contributed by atoms with Crippen LogP contribution in [0.3, 0.4) is 0 Å². The van der Waals surface area contributed by atoms with Crippen molar-refractivity contribution < 1.29 is 19.5 Å². The minimum atomic E-state index is -0.953. The quantitative estimate of drug-likeness (QED) is 0.680. The van der Waals surface area contributed by atoms with Gasteiger partial charge in [0.2, 0.25) is 11.8 Å². The summed E-state index contributed by atoms with van der Waals surface area (Å²) in [6.07, 6.45) is 0.855. The number of carboxylic acids is 1. The molecule has 0 saturated carbocycles. The number of carbonyl (C=O) groups excluding carboxylic acids is 2. The number of piperazine rings is 1. The number of hydrogen-bond donors (Lipinski definition) is 2. The molecule has 0 bridgehead atoms. The smallest absolute Gasteiger partial charge is 0.317 e. The van der Waals surface area contributed by atoms with E-state index in [0.717, 1.165) is 17.7 Å². The number of carboxylic acid groups (broad SMARTS) is 1. The lowest BCUT2D eigenvalue weighted by Gasteiger charge is -2.35. The summed E-state index contributed by atoms with van der Waals surface area (Å²) in [6.45, 7) is 4.59. The van der Waals surface area contributed by atoms with Crippen LogP contribution >= 0.6 is 0 Å². The maximum absolute atomic E-state index is 12.3. The fourth-order valence-electron chi connectivity index (χ4n) is 3.12. The Morgan fingerprint density at radius 1 is 1.11 bits per heavy atom. The second-order valence-corrected chi connectivity index (χ2v) is 6.78. The van der Waals surface area contributed by atoms with Crippen molar-refractivity contribution in [1.29, 1.82) is 0 Å². The zero-order chi connectivity index (χ0) is 19.8. The van der Waals surface area contributed by atoms with Crippen molar-refractivity contribution in [1.82, 2.24) is 14.7 Å². The highest BCUT2D eigenvalue weighted by Gasteiger charge is 2.23. The number of nitrogens with one attached hydrogen (secondary N) is 1. The average molecular weight is 376 g/mol. The first-order valence-corrected chi connectivity index (χ1v) is 9.17. The van der Waals surface area contributed by atoms with E-state index in [1.54, 1.807) is 11.9 Å². The van der Waals surface area contributed by atoms with Gasteiger partial charge in [-0.2, -0.15) is 0 Å². The van der Waals surface area contributed by atoms with E-state index in [4.69, 9.17) is 5.11 Å². The molecule has 1 aliphatic rings. The van der Waals surface area contributed by atoms with E-state index in [2.05, 4.69) is 12.2 Å².